The van der Waals surface area contributed by atoms with Crippen molar-refractivity contribution in [3.8, 4) is 23.0 Å². The third-order valence-corrected chi connectivity index (χ3v) is 3.92. The SMILES string of the molecule is Cc1ncc(-c2nc(-c3c(C)ncc4c3CCNC4)no2)[nH]1. The van der Waals surface area contributed by atoms with Crippen molar-refractivity contribution in [3.05, 3.63) is 35.0 Å². The molecule has 0 saturated heterocycles. The maximum Gasteiger partial charge on any atom is 0.276 e. The van der Waals surface area contributed by atoms with Crippen molar-refractivity contribution in [2.45, 2.75) is 26.8 Å². The Morgan fingerprint density at radius 3 is 2.91 bits per heavy atom. The summed E-state index contributed by atoms with van der Waals surface area (Å²) in [6.07, 6.45) is 4.57. The number of fused-ring (bicyclic) bond motifs is 1. The van der Waals surface area contributed by atoms with E-state index in [0.29, 0.717) is 11.7 Å². The molecule has 0 amide bonds. The van der Waals surface area contributed by atoms with E-state index in [9.17, 15) is 0 Å². The number of aromatic nitrogens is 5. The monoisotopic (exact) mass is 296 g/mol. The molecule has 0 unspecified atom stereocenters. The van der Waals surface area contributed by atoms with Gasteiger partial charge in [-0.2, -0.15) is 4.98 Å². The number of hydrogen-bond donors (Lipinski definition) is 2. The summed E-state index contributed by atoms with van der Waals surface area (Å²) < 4.78 is 5.39. The molecule has 0 atom stereocenters. The molecule has 7 heteroatoms. The maximum atomic E-state index is 5.39. The molecular weight excluding hydrogens is 280 g/mol. The molecule has 0 spiro atoms. The summed E-state index contributed by atoms with van der Waals surface area (Å²) in [4.78, 5) is 16.3. The van der Waals surface area contributed by atoms with Crippen LogP contribution < -0.4 is 5.32 Å². The van der Waals surface area contributed by atoms with Gasteiger partial charge in [0.25, 0.3) is 5.89 Å². The lowest BCUT2D eigenvalue weighted by molar-refractivity contribution is 0.431. The summed E-state index contributed by atoms with van der Waals surface area (Å²) >= 11 is 0. The quantitative estimate of drug-likeness (QED) is 0.749. The van der Waals surface area contributed by atoms with Crippen LogP contribution in [0.5, 0.6) is 0 Å². The van der Waals surface area contributed by atoms with Crippen LogP contribution in [0.25, 0.3) is 23.0 Å². The van der Waals surface area contributed by atoms with Gasteiger partial charge < -0.3 is 14.8 Å². The Kier molecular flexibility index (Phi) is 3.00. The minimum Gasteiger partial charge on any atom is -0.338 e. The van der Waals surface area contributed by atoms with Crippen molar-refractivity contribution in [2.75, 3.05) is 6.54 Å². The lowest BCUT2D eigenvalue weighted by atomic mass is 9.95. The van der Waals surface area contributed by atoms with Crippen LogP contribution in [0.4, 0.5) is 0 Å². The van der Waals surface area contributed by atoms with Crippen molar-refractivity contribution in [3.63, 3.8) is 0 Å². The van der Waals surface area contributed by atoms with E-state index < -0.39 is 0 Å². The van der Waals surface area contributed by atoms with Crippen molar-refractivity contribution >= 4 is 0 Å². The minimum atomic E-state index is 0.446. The van der Waals surface area contributed by atoms with Crippen LogP contribution in [0, 0.1) is 13.8 Å². The molecule has 0 fully saturated rings. The number of imidazole rings is 1. The first-order valence-corrected chi connectivity index (χ1v) is 7.26. The molecule has 0 radical (unpaired) electrons. The average Bonchev–Trinajstić information content (AvgIpc) is 3.16. The molecule has 0 saturated carbocycles. The lowest BCUT2D eigenvalue weighted by Crippen LogP contribution is -2.24. The van der Waals surface area contributed by atoms with Gasteiger partial charge in [-0.3, -0.25) is 4.98 Å². The topological polar surface area (TPSA) is 92.5 Å². The third-order valence-electron chi connectivity index (χ3n) is 3.92. The molecule has 4 rings (SSSR count). The second kappa shape index (κ2) is 5.03. The summed E-state index contributed by atoms with van der Waals surface area (Å²) in [7, 11) is 0. The van der Waals surface area contributed by atoms with Gasteiger partial charge in [-0.1, -0.05) is 5.16 Å². The van der Waals surface area contributed by atoms with Gasteiger partial charge in [0.2, 0.25) is 5.82 Å². The average molecular weight is 296 g/mol. The highest BCUT2D eigenvalue weighted by Crippen LogP contribution is 2.29. The van der Waals surface area contributed by atoms with Crippen molar-refractivity contribution in [1.82, 2.24) is 30.4 Å². The zero-order chi connectivity index (χ0) is 15.1. The molecule has 0 bridgehead atoms. The Hall–Kier alpha value is -2.54. The van der Waals surface area contributed by atoms with Gasteiger partial charge in [0.1, 0.15) is 11.5 Å². The Morgan fingerprint density at radius 2 is 2.09 bits per heavy atom. The fourth-order valence-electron chi connectivity index (χ4n) is 2.83. The van der Waals surface area contributed by atoms with Gasteiger partial charge >= 0.3 is 0 Å². The van der Waals surface area contributed by atoms with E-state index in [4.69, 9.17) is 4.52 Å². The molecule has 22 heavy (non-hydrogen) atoms. The number of aryl methyl sites for hydroxylation is 2. The summed E-state index contributed by atoms with van der Waals surface area (Å²) in [5, 5.41) is 7.50. The highest BCUT2D eigenvalue weighted by Gasteiger charge is 2.21. The van der Waals surface area contributed by atoms with Crippen molar-refractivity contribution in [1.29, 1.82) is 0 Å². The van der Waals surface area contributed by atoms with E-state index in [1.165, 1.54) is 11.1 Å². The zero-order valence-corrected chi connectivity index (χ0v) is 12.5. The van der Waals surface area contributed by atoms with Crippen LogP contribution in [-0.4, -0.2) is 31.6 Å². The van der Waals surface area contributed by atoms with E-state index in [0.717, 1.165) is 42.3 Å². The molecule has 3 aromatic heterocycles. The van der Waals surface area contributed by atoms with Gasteiger partial charge in [-0.15, -0.1) is 0 Å². The molecule has 3 aromatic rings. The number of hydrogen-bond acceptors (Lipinski definition) is 6. The van der Waals surface area contributed by atoms with Crippen LogP contribution in [0.1, 0.15) is 22.6 Å². The Labute approximate surface area is 127 Å². The normalized spacial score (nSPS) is 14.1. The lowest BCUT2D eigenvalue weighted by Gasteiger charge is -2.19. The molecule has 112 valence electrons. The number of pyridine rings is 1. The van der Waals surface area contributed by atoms with Gasteiger partial charge in [-0.25, -0.2) is 4.98 Å². The molecule has 1 aliphatic rings. The Balaban J connectivity index is 1.81. The summed E-state index contributed by atoms with van der Waals surface area (Å²) in [6, 6.07) is 0. The smallest absolute Gasteiger partial charge is 0.276 e. The fraction of sp³-hybridized carbons (Fsp3) is 0.333. The summed E-state index contributed by atoms with van der Waals surface area (Å²) in [5.74, 6) is 1.85. The second-order valence-electron chi connectivity index (χ2n) is 5.45. The first kappa shape index (κ1) is 13.1. The van der Waals surface area contributed by atoms with Gasteiger partial charge in [0.05, 0.1) is 6.20 Å². The molecule has 4 heterocycles. The Bertz CT molecular complexity index is 834. The van der Waals surface area contributed by atoms with Crippen LogP contribution in [0.2, 0.25) is 0 Å². The standard InChI is InChI=1S/C15H16N6O/c1-8-13(11-3-4-16-5-10(11)6-17-8)14-20-15(22-21-14)12-7-18-9(2)19-12/h6-7,16H,3-5H2,1-2H3,(H,18,19). The van der Waals surface area contributed by atoms with Gasteiger partial charge in [0.15, 0.2) is 0 Å². The predicted molar refractivity (Wildman–Crippen MR) is 80.0 cm³/mol. The van der Waals surface area contributed by atoms with Crippen LogP contribution >= 0.6 is 0 Å². The van der Waals surface area contributed by atoms with E-state index in [1.807, 2.05) is 20.0 Å². The molecule has 0 aromatic carbocycles. The van der Waals surface area contributed by atoms with Crippen molar-refractivity contribution in [2.24, 2.45) is 0 Å². The second-order valence-corrected chi connectivity index (χ2v) is 5.45. The largest absolute Gasteiger partial charge is 0.338 e. The first-order valence-electron chi connectivity index (χ1n) is 7.26. The minimum absolute atomic E-state index is 0.446. The van der Waals surface area contributed by atoms with E-state index in [-0.39, 0.29) is 0 Å². The summed E-state index contributed by atoms with van der Waals surface area (Å²) in [5.41, 5.74) is 5.11. The number of H-pyrrole nitrogens is 1. The fourth-order valence-corrected chi connectivity index (χ4v) is 2.83. The molecular formula is C15H16N6O. The number of nitrogens with one attached hydrogen (secondary N) is 2. The van der Waals surface area contributed by atoms with E-state index >= 15 is 0 Å². The number of rotatable bonds is 2. The van der Waals surface area contributed by atoms with Gasteiger partial charge in [-0.05, 0) is 37.9 Å². The highest BCUT2D eigenvalue weighted by atomic mass is 16.5. The molecule has 0 aliphatic carbocycles. The van der Waals surface area contributed by atoms with Gasteiger partial charge in [0, 0.05) is 24.0 Å². The van der Waals surface area contributed by atoms with Crippen LogP contribution in [-0.2, 0) is 13.0 Å². The van der Waals surface area contributed by atoms with Crippen LogP contribution in [0.15, 0.2) is 16.9 Å². The predicted octanol–water partition coefficient (Wildman–Crippen LogP) is 1.78. The van der Waals surface area contributed by atoms with E-state index in [1.54, 1.807) is 6.20 Å². The molecule has 1 aliphatic heterocycles. The highest BCUT2D eigenvalue weighted by molar-refractivity contribution is 5.66. The summed E-state index contributed by atoms with van der Waals surface area (Å²) in [6.45, 7) is 5.65. The van der Waals surface area contributed by atoms with E-state index in [2.05, 4.69) is 30.4 Å². The number of nitrogens with zero attached hydrogens (tertiary/aromatic N) is 4. The maximum absolute atomic E-state index is 5.39. The third kappa shape index (κ3) is 2.10. The number of aromatic amines is 1. The Morgan fingerprint density at radius 1 is 1.18 bits per heavy atom. The zero-order valence-electron chi connectivity index (χ0n) is 12.5. The molecule has 7 nitrogen and oxygen atoms in total. The molecule has 2 N–H and O–H groups in total. The van der Waals surface area contributed by atoms with Crippen molar-refractivity contribution < 1.29 is 4.52 Å². The van der Waals surface area contributed by atoms with Crippen LogP contribution in [0.3, 0.4) is 0 Å². The first-order chi connectivity index (χ1) is 10.7.